The van der Waals surface area contributed by atoms with Crippen LogP contribution >= 0.6 is 0 Å². The van der Waals surface area contributed by atoms with Crippen molar-refractivity contribution in [2.45, 2.75) is 20.8 Å². The van der Waals surface area contributed by atoms with Gasteiger partial charge in [-0.2, -0.15) is 0 Å². The number of rotatable bonds is 4. The van der Waals surface area contributed by atoms with Crippen LogP contribution in [0.4, 0.5) is 10.6 Å². The Kier molecular flexibility index (Phi) is 5.01. The van der Waals surface area contributed by atoms with E-state index in [2.05, 4.69) is 17.2 Å². The lowest BCUT2D eigenvalue weighted by molar-refractivity contribution is 0.220. The quantitative estimate of drug-likeness (QED) is 0.887. The van der Waals surface area contributed by atoms with Crippen LogP contribution in [0.5, 0.6) is 5.75 Å². The number of urea groups is 1. The second-order valence-corrected chi connectivity index (χ2v) is 5.52. The van der Waals surface area contributed by atoms with E-state index >= 15 is 0 Å². The molecule has 1 saturated heterocycles. The molecule has 0 radical (unpaired) electrons. The molecule has 0 aliphatic carbocycles. The Labute approximate surface area is 125 Å². The fraction of sp³-hybridized carbons (Fsp3) is 0.600. The van der Waals surface area contributed by atoms with Gasteiger partial charge < -0.3 is 15.4 Å². The molecule has 1 fully saturated rings. The van der Waals surface area contributed by atoms with Crippen LogP contribution in [0, 0.1) is 18.8 Å². The van der Waals surface area contributed by atoms with Gasteiger partial charge in [0.2, 0.25) is 0 Å². The molecular formula is C15H24N4O2. The van der Waals surface area contributed by atoms with Crippen molar-refractivity contribution >= 4 is 11.8 Å². The normalized spacial score (nSPS) is 21.4. The number of nitrogens with zero attached hydrogens (tertiary/aromatic N) is 2. The molecule has 2 heterocycles. The lowest BCUT2D eigenvalue weighted by Crippen LogP contribution is -2.34. The van der Waals surface area contributed by atoms with E-state index in [-0.39, 0.29) is 6.03 Å². The molecule has 0 aromatic carbocycles. The van der Waals surface area contributed by atoms with Gasteiger partial charge in [0.15, 0.2) is 0 Å². The van der Waals surface area contributed by atoms with Crippen molar-refractivity contribution in [3.8, 4) is 5.75 Å². The van der Waals surface area contributed by atoms with Gasteiger partial charge in [0.25, 0.3) is 0 Å². The molecule has 2 unspecified atom stereocenters. The molecular weight excluding hydrogens is 268 g/mol. The third kappa shape index (κ3) is 3.64. The standard InChI is InChI=1S/C15H24N4O2/c1-4-21-13-5-6-14(17-11(13)3)18-15(20)19-8-10(2)12(7-16)9-19/h5-6,10,12H,4,7-9,16H2,1-3H3,(H,17,18,20). The third-order valence-corrected chi connectivity index (χ3v) is 3.93. The highest BCUT2D eigenvalue weighted by molar-refractivity contribution is 5.88. The Bertz CT molecular complexity index is 506. The molecule has 1 aromatic heterocycles. The van der Waals surface area contributed by atoms with Crippen molar-refractivity contribution in [3.05, 3.63) is 17.8 Å². The predicted octanol–water partition coefficient (Wildman–Crippen LogP) is 1.85. The molecule has 0 saturated carbocycles. The van der Waals surface area contributed by atoms with Gasteiger partial charge in [-0.25, -0.2) is 9.78 Å². The Morgan fingerprint density at radius 1 is 1.52 bits per heavy atom. The summed E-state index contributed by atoms with van der Waals surface area (Å²) in [5.41, 5.74) is 6.49. The Balaban J connectivity index is 1.98. The highest BCUT2D eigenvalue weighted by atomic mass is 16.5. The summed E-state index contributed by atoms with van der Waals surface area (Å²) in [6, 6.07) is 3.47. The monoisotopic (exact) mass is 292 g/mol. The number of anilines is 1. The van der Waals surface area contributed by atoms with Crippen LogP contribution in [0.3, 0.4) is 0 Å². The summed E-state index contributed by atoms with van der Waals surface area (Å²) in [4.78, 5) is 18.4. The van der Waals surface area contributed by atoms with Gasteiger partial charge in [-0.15, -0.1) is 0 Å². The van der Waals surface area contributed by atoms with Gasteiger partial charge in [-0.1, -0.05) is 6.92 Å². The molecule has 2 amide bonds. The first-order chi connectivity index (χ1) is 10.0. The molecule has 3 N–H and O–H groups in total. The average molecular weight is 292 g/mol. The maximum Gasteiger partial charge on any atom is 0.323 e. The van der Waals surface area contributed by atoms with Gasteiger partial charge in [-0.3, -0.25) is 5.32 Å². The summed E-state index contributed by atoms with van der Waals surface area (Å²) < 4.78 is 5.44. The van der Waals surface area contributed by atoms with Gasteiger partial charge in [0, 0.05) is 13.1 Å². The molecule has 2 rings (SSSR count). The molecule has 6 nitrogen and oxygen atoms in total. The average Bonchev–Trinajstić information content (AvgIpc) is 2.83. The number of pyridine rings is 1. The Morgan fingerprint density at radius 2 is 2.29 bits per heavy atom. The van der Waals surface area contributed by atoms with Crippen LogP contribution < -0.4 is 15.8 Å². The zero-order valence-electron chi connectivity index (χ0n) is 12.9. The van der Waals surface area contributed by atoms with Crippen molar-refractivity contribution in [3.63, 3.8) is 0 Å². The summed E-state index contributed by atoms with van der Waals surface area (Å²) in [6.07, 6.45) is 0. The second kappa shape index (κ2) is 6.76. The minimum Gasteiger partial charge on any atom is -0.492 e. The maximum atomic E-state index is 12.2. The number of hydrogen-bond acceptors (Lipinski definition) is 4. The number of nitrogens with two attached hydrogens (primary N) is 1. The van der Waals surface area contributed by atoms with Crippen LogP contribution in [0.25, 0.3) is 0 Å². The number of nitrogens with one attached hydrogen (secondary N) is 1. The van der Waals surface area contributed by atoms with Gasteiger partial charge >= 0.3 is 6.03 Å². The number of carbonyl (C=O) groups is 1. The second-order valence-electron chi connectivity index (χ2n) is 5.52. The van der Waals surface area contributed by atoms with E-state index in [1.54, 1.807) is 11.0 Å². The number of hydrogen-bond donors (Lipinski definition) is 2. The summed E-state index contributed by atoms with van der Waals surface area (Å²) in [7, 11) is 0. The van der Waals surface area contributed by atoms with Crippen LogP contribution in [-0.4, -0.2) is 42.2 Å². The molecule has 0 spiro atoms. The summed E-state index contributed by atoms with van der Waals surface area (Å²) in [6.45, 7) is 8.58. The van der Waals surface area contributed by atoms with Gasteiger partial charge in [0.1, 0.15) is 11.6 Å². The van der Waals surface area contributed by atoms with Crippen molar-refractivity contribution in [2.75, 3.05) is 31.6 Å². The van der Waals surface area contributed by atoms with E-state index in [0.29, 0.717) is 37.4 Å². The van der Waals surface area contributed by atoms with Crippen molar-refractivity contribution < 1.29 is 9.53 Å². The number of aryl methyl sites for hydroxylation is 1. The molecule has 0 bridgehead atoms. The molecule has 1 aliphatic heterocycles. The minimum atomic E-state index is -0.117. The molecule has 1 aliphatic rings. The molecule has 116 valence electrons. The van der Waals surface area contributed by atoms with E-state index in [4.69, 9.17) is 10.5 Å². The number of aromatic nitrogens is 1. The van der Waals surface area contributed by atoms with Crippen LogP contribution in [0.1, 0.15) is 19.5 Å². The highest BCUT2D eigenvalue weighted by Crippen LogP contribution is 2.23. The van der Waals surface area contributed by atoms with E-state index < -0.39 is 0 Å². The topological polar surface area (TPSA) is 80.5 Å². The molecule has 1 aromatic rings. The fourth-order valence-corrected chi connectivity index (χ4v) is 2.62. The number of carbonyl (C=O) groups excluding carboxylic acids is 1. The van der Waals surface area contributed by atoms with Gasteiger partial charge in [0.05, 0.1) is 12.3 Å². The number of ether oxygens (including phenoxy) is 1. The van der Waals surface area contributed by atoms with Crippen LogP contribution in [0.15, 0.2) is 12.1 Å². The van der Waals surface area contributed by atoms with E-state index in [1.807, 2.05) is 19.9 Å². The molecule has 21 heavy (non-hydrogen) atoms. The van der Waals surface area contributed by atoms with E-state index in [0.717, 1.165) is 18.0 Å². The fourth-order valence-electron chi connectivity index (χ4n) is 2.62. The molecule has 6 heteroatoms. The first-order valence-electron chi connectivity index (χ1n) is 7.41. The van der Waals surface area contributed by atoms with E-state index in [9.17, 15) is 4.79 Å². The zero-order valence-corrected chi connectivity index (χ0v) is 12.9. The third-order valence-electron chi connectivity index (χ3n) is 3.93. The van der Waals surface area contributed by atoms with Crippen LogP contribution in [-0.2, 0) is 0 Å². The smallest absolute Gasteiger partial charge is 0.323 e. The summed E-state index contributed by atoms with van der Waals surface area (Å²) >= 11 is 0. The van der Waals surface area contributed by atoms with Crippen molar-refractivity contribution in [1.29, 1.82) is 0 Å². The lowest BCUT2D eigenvalue weighted by atomic mass is 9.99. The SMILES string of the molecule is CCOc1ccc(NC(=O)N2CC(C)C(CN)C2)nc1C. The van der Waals surface area contributed by atoms with Crippen LogP contribution in [0.2, 0.25) is 0 Å². The zero-order chi connectivity index (χ0) is 15.4. The highest BCUT2D eigenvalue weighted by Gasteiger charge is 2.31. The van der Waals surface area contributed by atoms with Crippen molar-refractivity contribution in [1.82, 2.24) is 9.88 Å². The largest absolute Gasteiger partial charge is 0.492 e. The number of likely N-dealkylation sites (tertiary alicyclic amines) is 1. The number of amides is 2. The minimum absolute atomic E-state index is 0.117. The van der Waals surface area contributed by atoms with Crippen molar-refractivity contribution in [2.24, 2.45) is 17.6 Å². The maximum absolute atomic E-state index is 12.2. The Hall–Kier alpha value is -1.82. The first kappa shape index (κ1) is 15.6. The predicted molar refractivity (Wildman–Crippen MR) is 82.4 cm³/mol. The Morgan fingerprint density at radius 3 is 2.86 bits per heavy atom. The first-order valence-corrected chi connectivity index (χ1v) is 7.41. The van der Waals surface area contributed by atoms with E-state index in [1.165, 1.54) is 0 Å². The summed E-state index contributed by atoms with van der Waals surface area (Å²) in [5, 5.41) is 2.84. The van der Waals surface area contributed by atoms with Gasteiger partial charge in [-0.05, 0) is 44.4 Å². The summed E-state index contributed by atoms with van der Waals surface area (Å²) in [5.74, 6) is 2.11. The lowest BCUT2D eigenvalue weighted by Gasteiger charge is -2.17. The molecule has 2 atom stereocenters.